The van der Waals surface area contributed by atoms with E-state index in [1.165, 1.54) is 28.8 Å². The number of aromatic nitrogens is 2. The number of carbonyl (C=O) groups excluding carboxylic acids is 1. The van der Waals surface area contributed by atoms with Crippen LogP contribution in [0.5, 0.6) is 0 Å². The third kappa shape index (κ3) is 3.46. The second-order valence-electron chi connectivity index (χ2n) is 8.85. The smallest absolute Gasteiger partial charge is 0.409 e. The number of hydrogen-bond acceptors (Lipinski definition) is 7. The van der Waals surface area contributed by atoms with Gasteiger partial charge >= 0.3 is 6.09 Å². The molecule has 1 amide bonds. The van der Waals surface area contributed by atoms with E-state index in [9.17, 15) is 4.79 Å². The zero-order valence-corrected chi connectivity index (χ0v) is 18.5. The largest absolute Gasteiger partial charge is 0.450 e. The van der Waals surface area contributed by atoms with Crippen LogP contribution in [0.1, 0.15) is 25.3 Å². The first-order valence-corrected chi connectivity index (χ1v) is 11.6. The molecule has 0 atom stereocenters. The fourth-order valence-corrected chi connectivity index (χ4v) is 6.01. The predicted molar refractivity (Wildman–Crippen MR) is 118 cm³/mol. The molecular weight excluding hydrogens is 398 g/mol. The third-order valence-electron chi connectivity index (χ3n) is 6.83. The number of nitrogens with zero attached hydrogens (tertiary/aromatic N) is 5. The van der Waals surface area contributed by atoms with Gasteiger partial charge < -0.3 is 14.5 Å². The maximum atomic E-state index is 11.8. The summed E-state index contributed by atoms with van der Waals surface area (Å²) in [5.74, 6) is 1.08. The number of ether oxygens (including phenoxy) is 1. The average Bonchev–Trinajstić information content (AvgIpc) is 3.12. The highest BCUT2D eigenvalue weighted by atomic mass is 32.1. The average molecular weight is 428 g/mol. The molecule has 4 heterocycles. The summed E-state index contributed by atoms with van der Waals surface area (Å²) >= 11 is 1.55. The van der Waals surface area contributed by atoms with Crippen molar-refractivity contribution in [1.82, 2.24) is 19.2 Å². The van der Waals surface area contributed by atoms with Crippen LogP contribution in [0.15, 0.2) is 24.5 Å². The zero-order valence-electron chi connectivity index (χ0n) is 17.7. The predicted octanol–water partition coefficient (Wildman–Crippen LogP) is 3.26. The molecule has 5 rings (SSSR count). The van der Waals surface area contributed by atoms with Gasteiger partial charge in [-0.3, -0.25) is 4.90 Å². The second-order valence-corrected chi connectivity index (χ2v) is 9.65. The summed E-state index contributed by atoms with van der Waals surface area (Å²) in [5, 5.41) is 0. The van der Waals surface area contributed by atoms with Crippen molar-refractivity contribution >= 4 is 23.4 Å². The number of carbonyl (C=O) groups is 1. The molecule has 7 nitrogen and oxygen atoms in total. The number of rotatable bonds is 4. The van der Waals surface area contributed by atoms with Crippen LogP contribution in [0.3, 0.4) is 0 Å². The van der Waals surface area contributed by atoms with Crippen molar-refractivity contribution in [3.63, 3.8) is 0 Å². The normalized spacial score (nSPS) is 21.4. The lowest BCUT2D eigenvalue weighted by Crippen LogP contribution is -2.68. The molecule has 160 valence electrons. The van der Waals surface area contributed by atoms with Crippen molar-refractivity contribution in [1.29, 1.82) is 0 Å². The monoisotopic (exact) mass is 427 g/mol. The van der Waals surface area contributed by atoms with Crippen LogP contribution in [0.4, 0.5) is 10.6 Å². The van der Waals surface area contributed by atoms with E-state index >= 15 is 0 Å². The van der Waals surface area contributed by atoms with Gasteiger partial charge in [-0.15, -0.1) is 0 Å². The lowest BCUT2D eigenvalue weighted by molar-refractivity contribution is -0.100. The number of amides is 1. The van der Waals surface area contributed by atoms with Gasteiger partial charge in [0.05, 0.1) is 11.5 Å². The van der Waals surface area contributed by atoms with Crippen LogP contribution < -0.4 is 4.90 Å². The van der Waals surface area contributed by atoms with Crippen molar-refractivity contribution < 1.29 is 9.53 Å². The van der Waals surface area contributed by atoms with Gasteiger partial charge in [-0.25, -0.2) is 14.2 Å². The van der Waals surface area contributed by atoms with Crippen molar-refractivity contribution in [3.8, 4) is 10.4 Å². The van der Waals surface area contributed by atoms with Gasteiger partial charge in [-0.05, 0) is 55.9 Å². The number of aryl methyl sites for hydroxylation is 1. The number of pyridine rings is 1. The quantitative estimate of drug-likeness (QED) is 0.746. The topological polar surface area (TPSA) is 61.8 Å². The van der Waals surface area contributed by atoms with Gasteiger partial charge in [-0.1, -0.05) is 0 Å². The van der Waals surface area contributed by atoms with E-state index in [4.69, 9.17) is 9.72 Å². The molecule has 2 aromatic rings. The van der Waals surface area contributed by atoms with E-state index in [-0.39, 0.29) is 6.09 Å². The lowest BCUT2D eigenvalue weighted by atomic mass is 9.60. The number of hydrogen-bond donors (Lipinski definition) is 0. The second kappa shape index (κ2) is 7.81. The Balaban J connectivity index is 1.16. The van der Waals surface area contributed by atoms with Gasteiger partial charge in [0.25, 0.3) is 0 Å². The van der Waals surface area contributed by atoms with Crippen molar-refractivity contribution in [2.45, 2.75) is 32.7 Å². The highest BCUT2D eigenvalue weighted by Crippen LogP contribution is 2.50. The molecule has 1 aliphatic carbocycles. The van der Waals surface area contributed by atoms with Crippen LogP contribution in [-0.4, -0.2) is 77.2 Å². The van der Waals surface area contributed by atoms with Gasteiger partial charge in [-0.2, -0.15) is 0 Å². The first-order chi connectivity index (χ1) is 14.6. The summed E-state index contributed by atoms with van der Waals surface area (Å²) in [7, 11) is 0. The van der Waals surface area contributed by atoms with E-state index in [0.717, 1.165) is 45.1 Å². The minimum Gasteiger partial charge on any atom is -0.450 e. The Bertz CT molecular complexity index is 910. The zero-order chi connectivity index (χ0) is 20.7. The highest BCUT2D eigenvalue weighted by Gasteiger charge is 2.55. The molecule has 0 unspecified atom stereocenters. The van der Waals surface area contributed by atoms with E-state index in [0.29, 0.717) is 18.1 Å². The Morgan fingerprint density at radius 1 is 1.27 bits per heavy atom. The molecule has 0 N–H and O–H groups in total. The minimum absolute atomic E-state index is 0.150. The van der Waals surface area contributed by atoms with Gasteiger partial charge in [0.15, 0.2) is 0 Å². The van der Waals surface area contributed by atoms with Gasteiger partial charge in [0.2, 0.25) is 0 Å². The van der Waals surface area contributed by atoms with Crippen LogP contribution >= 0.6 is 11.5 Å². The maximum Gasteiger partial charge on any atom is 0.409 e. The van der Waals surface area contributed by atoms with Crippen molar-refractivity contribution in [2.24, 2.45) is 5.41 Å². The molecule has 2 saturated heterocycles. The summed E-state index contributed by atoms with van der Waals surface area (Å²) in [5.41, 5.74) is 2.76. The van der Waals surface area contributed by atoms with Crippen LogP contribution in [0.25, 0.3) is 10.4 Å². The fourth-order valence-electron chi connectivity index (χ4n) is 5.24. The molecule has 3 aliphatic rings. The number of likely N-dealkylation sites (tertiary alicyclic amines) is 1. The Morgan fingerprint density at radius 2 is 2.03 bits per heavy atom. The number of anilines is 1. The summed E-state index contributed by atoms with van der Waals surface area (Å²) in [6, 6.07) is 4.83. The molecule has 1 saturated carbocycles. The van der Waals surface area contributed by atoms with E-state index < -0.39 is 0 Å². The molecule has 0 bridgehead atoms. The Morgan fingerprint density at radius 3 is 2.70 bits per heavy atom. The fraction of sp³-hybridized carbons (Fsp3) is 0.591. The Labute approximate surface area is 181 Å². The highest BCUT2D eigenvalue weighted by molar-refractivity contribution is 7.09. The number of piperazine rings is 1. The van der Waals surface area contributed by atoms with E-state index in [1.54, 1.807) is 11.5 Å². The molecule has 8 heteroatoms. The summed E-state index contributed by atoms with van der Waals surface area (Å²) in [6.45, 7) is 10.3. The van der Waals surface area contributed by atoms with E-state index in [1.807, 2.05) is 30.3 Å². The molecule has 2 aliphatic heterocycles. The Hall–Kier alpha value is -2.19. The molecule has 30 heavy (non-hydrogen) atoms. The molecule has 1 spiro atoms. The van der Waals surface area contributed by atoms with Gasteiger partial charge in [0, 0.05) is 68.7 Å². The molecule has 0 radical (unpaired) electrons. The van der Waals surface area contributed by atoms with Crippen LogP contribution in [-0.2, 0) is 4.74 Å². The first kappa shape index (κ1) is 19.8. The third-order valence-corrected chi connectivity index (χ3v) is 7.76. The van der Waals surface area contributed by atoms with Crippen molar-refractivity contribution in [3.05, 3.63) is 30.1 Å². The SMILES string of the molecule is CCOC(=O)N1CC2(CC(N3CCN(c4ncccc4-c4sncc4C)CC3)C2)C1. The van der Waals surface area contributed by atoms with Crippen LogP contribution in [0, 0.1) is 12.3 Å². The van der Waals surface area contributed by atoms with Crippen molar-refractivity contribution in [2.75, 3.05) is 50.8 Å². The molecule has 0 aromatic carbocycles. The summed E-state index contributed by atoms with van der Waals surface area (Å²) in [4.78, 5) is 24.7. The molecule has 3 fully saturated rings. The summed E-state index contributed by atoms with van der Waals surface area (Å²) in [6.07, 6.45) is 6.09. The van der Waals surface area contributed by atoms with E-state index in [2.05, 4.69) is 27.2 Å². The Kier molecular flexibility index (Phi) is 5.14. The maximum absolute atomic E-state index is 11.8. The lowest BCUT2D eigenvalue weighted by Gasteiger charge is -2.61. The minimum atomic E-state index is -0.150. The van der Waals surface area contributed by atoms with Crippen LogP contribution in [0.2, 0.25) is 0 Å². The summed E-state index contributed by atoms with van der Waals surface area (Å²) < 4.78 is 9.46. The van der Waals surface area contributed by atoms with Gasteiger partial charge in [0.1, 0.15) is 5.82 Å². The first-order valence-electron chi connectivity index (χ1n) is 10.9. The molecular formula is C22H29N5O2S. The standard InChI is InChI=1S/C22H29N5O2S/c1-3-29-21(28)27-14-22(15-27)11-17(12-22)25-7-9-26(10-8-25)20-18(5-4-6-23-20)19-16(2)13-24-30-19/h4-6,13,17H,3,7-12,14-15H2,1-2H3. The molecule has 2 aromatic heterocycles.